The fourth-order valence-electron chi connectivity index (χ4n) is 2.57. The van der Waals surface area contributed by atoms with Crippen LogP contribution in [0.25, 0.3) is 0 Å². The third-order valence-electron chi connectivity index (χ3n) is 3.81. The molecule has 20 heavy (non-hydrogen) atoms. The van der Waals surface area contributed by atoms with Gasteiger partial charge in [0.15, 0.2) is 0 Å². The average molecular weight is 271 g/mol. The van der Waals surface area contributed by atoms with E-state index in [0.717, 1.165) is 17.8 Å². The highest BCUT2D eigenvalue weighted by molar-refractivity contribution is 5.92. The molecule has 1 aliphatic heterocycles. The summed E-state index contributed by atoms with van der Waals surface area (Å²) in [6.07, 6.45) is 4.02. The summed E-state index contributed by atoms with van der Waals surface area (Å²) >= 11 is 0. The Bertz CT molecular complexity index is 489. The second-order valence-electron chi connectivity index (χ2n) is 5.40. The highest BCUT2D eigenvalue weighted by Gasteiger charge is 2.20. The van der Waals surface area contributed by atoms with Gasteiger partial charge in [-0.1, -0.05) is 18.6 Å². The molecule has 1 aliphatic rings. The molecule has 0 unspecified atom stereocenters. The molecule has 1 atom stereocenters. The van der Waals surface area contributed by atoms with E-state index in [1.165, 1.54) is 19.3 Å². The summed E-state index contributed by atoms with van der Waals surface area (Å²) in [4.78, 5) is 14.3. The minimum absolute atomic E-state index is 0.0341. The Kier molecular flexibility index (Phi) is 5.14. The van der Waals surface area contributed by atoms with Crippen LogP contribution in [-0.2, 0) is 11.2 Å². The molecule has 4 heteroatoms. The Hall–Kier alpha value is -1.86. The predicted molar refractivity (Wildman–Crippen MR) is 79.3 cm³/mol. The molecule has 106 valence electrons. The second kappa shape index (κ2) is 7.06. The first-order valence-electron chi connectivity index (χ1n) is 7.19. The number of anilines is 1. The molecule has 1 saturated heterocycles. The van der Waals surface area contributed by atoms with E-state index in [9.17, 15) is 4.79 Å². The molecule has 0 aromatic heterocycles. The van der Waals surface area contributed by atoms with E-state index in [4.69, 9.17) is 5.26 Å². The summed E-state index contributed by atoms with van der Waals surface area (Å²) in [7, 11) is 0. The van der Waals surface area contributed by atoms with Crippen molar-refractivity contribution < 1.29 is 4.79 Å². The van der Waals surface area contributed by atoms with Gasteiger partial charge < -0.3 is 5.32 Å². The number of hydrogen-bond donors (Lipinski definition) is 1. The number of benzene rings is 1. The van der Waals surface area contributed by atoms with Gasteiger partial charge in [-0.3, -0.25) is 9.69 Å². The maximum absolute atomic E-state index is 12.0. The van der Waals surface area contributed by atoms with Crippen molar-refractivity contribution in [1.29, 1.82) is 5.26 Å². The van der Waals surface area contributed by atoms with Crippen LogP contribution >= 0.6 is 0 Å². The molecule has 1 fully saturated rings. The number of piperidine rings is 1. The zero-order chi connectivity index (χ0) is 14.4. The second-order valence-corrected chi connectivity index (χ2v) is 5.40. The van der Waals surface area contributed by atoms with Crippen molar-refractivity contribution in [1.82, 2.24) is 4.90 Å². The molecule has 1 amide bonds. The molecule has 0 aliphatic carbocycles. The molecular formula is C16H21N3O. The highest BCUT2D eigenvalue weighted by atomic mass is 16.2. The Morgan fingerprint density at radius 1 is 1.40 bits per heavy atom. The lowest BCUT2D eigenvalue weighted by Gasteiger charge is -2.32. The summed E-state index contributed by atoms with van der Waals surface area (Å²) in [5.41, 5.74) is 1.76. The van der Waals surface area contributed by atoms with Crippen LogP contribution in [0.3, 0.4) is 0 Å². The third-order valence-corrected chi connectivity index (χ3v) is 3.81. The molecular weight excluding hydrogens is 250 g/mol. The normalized spacial score (nSPS) is 19.3. The van der Waals surface area contributed by atoms with Gasteiger partial charge in [0.05, 0.1) is 19.0 Å². The minimum Gasteiger partial charge on any atom is -0.325 e. The van der Waals surface area contributed by atoms with E-state index in [2.05, 4.69) is 23.2 Å². The van der Waals surface area contributed by atoms with Crippen LogP contribution in [0.15, 0.2) is 24.3 Å². The smallest absolute Gasteiger partial charge is 0.238 e. The number of nitrogens with one attached hydrogen (secondary N) is 1. The summed E-state index contributed by atoms with van der Waals surface area (Å²) in [6, 6.07) is 10.1. The molecule has 1 heterocycles. The average Bonchev–Trinajstić information content (AvgIpc) is 2.44. The lowest BCUT2D eigenvalue weighted by Crippen LogP contribution is -2.42. The van der Waals surface area contributed by atoms with Gasteiger partial charge in [-0.2, -0.15) is 5.26 Å². The van der Waals surface area contributed by atoms with Gasteiger partial charge >= 0.3 is 0 Å². The molecule has 2 rings (SSSR count). The van der Waals surface area contributed by atoms with Crippen molar-refractivity contribution in [3.05, 3.63) is 29.8 Å². The number of likely N-dealkylation sites (tertiary alicyclic amines) is 1. The summed E-state index contributed by atoms with van der Waals surface area (Å²) in [6.45, 7) is 3.65. The number of carbonyl (C=O) groups is 1. The number of nitriles is 1. The fourth-order valence-corrected chi connectivity index (χ4v) is 2.57. The fraction of sp³-hybridized carbons (Fsp3) is 0.500. The van der Waals surface area contributed by atoms with Crippen molar-refractivity contribution in [2.45, 2.75) is 38.6 Å². The Morgan fingerprint density at radius 3 is 2.80 bits per heavy atom. The van der Waals surface area contributed by atoms with Crippen LogP contribution in [0.1, 0.15) is 31.7 Å². The SMILES string of the molecule is C[C@@H]1CCCCN1CC(=O)Nc1ccc(CC#N)cc1. The van der Waals surface area contributed by atoms with Gasteiger partial charge in [0.2, 0.25) is 5.91 Å². The Labute approximate surface area is 120 Å². The van der Waals surface area contributed by atoms with Gasteiger partial charge in [-0.15, -0.1) is 0 Å². The lowest BCUT2D eigenvalue weighted by atomic mass is 10.0. The van der Waals surface area contributed by atoms with Gasteiger partial charge in [-0.05, 0) is 44.0 Å². The van der Waals surface area contributed by atoms with Gasteiger partial charge in [0.1, 0.15) is 0 Å². The van der Waals surface area contributed by atoms with Crippen molar-refractivity contribution in [2.24, 2.45) is 0 Å². The molecule has 0 bridgehead atoms. The first-order valence-corrected chi connectivity index (χ1v) is 7.19. The Balaban J connectivity index is 1.86. The van der Waals surface area contributed by atoms with E-state index in [0.29, 0.717) is 19.0 Å². The van der Waals surface area contributed by atoms with E-state index in [1.54, 1.807) is 0 Å². The zero-order valence-corrected chi connectivity index (χ0v) is 11.9. The minimum atomic E-state index is 0.0341. The largest absolute Gasteiger partial charge is 0.325 e. The van der Waals surface area contributed by atoms with Crippen LogP contribution in [0.4, 0.5) is 5.69 Å². The van der Waals surface area contributed by atoms with Crippen molar-refractivity contribution in [2.75, 3.05) is 18.4 Å². The maximum atomic E-state index is 12.0. The van der Waals surface area contributed by atoms with E-state index < -0.39 is 0 Å². The van der Waals surface area contributed by atoms with Crippen molar-refractivity contribution in [3.63, 3.8) is 0 Å². The summed E-state index contributed by atoms with van der Waals surface area (Å²) in [5, 5.41) is 11.5. The molecule has 0 spiro atoms. The number of nitrogens with zero attached hydrogens (tertiary/aromatic N) is 2. The number of rotatable bonds is 4. The standard InChI is InChI=1S/C16H21N3O/c1-13-4-2-3-11-19(13)12-16(20)18-15-7-5-14(6-8-15)9-10-17/h5-8,13H,2-4,9,11-12H2,1H3,(H,18,20)/t13-/m1/s1. The van der Waals surface area contributed by atoms with Crippen LogP contribution in [0.2, 0.25) is 0 Å². The van der Waals surface area contributed by atoms with Crippen molar-refractivity contribution >= 4 is 11.6 Å². The van der Waals surface area contributed by atoms with Gasteiger partial charge in [-0.25, -0.2) is 0 Å². The van der Waals surface area contributed by atoms with Crippen LogP contribution in [-0.4, -0.2) is 29.9 Å². The molecule has 1 N–H and O–H groups in total. The van der Waals surface area contributed by atoms with E-state index >= 15 is 0 Å². The van der Waals surface area contributed by atoms with Crippen LogP contribution < -0.4 is 5.32 Å². The first kappa shape index (κ1) is 14.5. The number of amides is 1. The molecule has 1 aromatic rings. The molecule has 1 aromatic carbocycles. The molecule has 0 radical (unpaired) electrons. The quantitative estimate of drug-likeness (QED) is 0.915. The highest BCUT2D eigenvalue weighted by Crippen LogP contribution is 2.16. The number of hydrogen-bond acceptors (Lipinski definition) is 3. The zero-order valence-electron chi connectivity index (χ0n) is 11.9. The molecule has 0 saturated carbocycles. The van der Waals surface area contributed by atoms with E-state index in [-0.39, 0.29) is 5.91 Å². The lowest BCUT2D eigenvalue weighted by molar-refractivity contribution is -0.118. The van der Waals surface area contributed by atoms with Gasteiger partial charge in [0, 0.05) is 11.7 Å². The van der Waals surface area contributed by atoms with E-state index in [1.807, 2.05) is 24.3 Å². The van der Waals surface area contributed by atoms with Crippen LogP contribution in [0, 0.1) is 11.3 Å². The monoisotopic (exact) mass is 271 g/mol. The summed E-state index contributed by atoms with van der Waals surface area (Å²) in [5.74, 6) is 0.0341. The van der Waals surface area contributed by atoms with Crippen molar-refractivity contribution in [3.8, 4) is 6.07 Å². The number of carbonyl (C=O) groups excluding carboxylic acids is 1. The maximum Gasteiger partial charge on any atom is 0.238 e. The summed E-state index contributed by atoms with van der Waals surface area (Å²) < 4.78 is 0. The first-order chi connectivity index (χ1) is 9.69. The Morgan fingerprint density at radius 2 is 2.15 bits per heavy atom. The predicted octanol–water partition coefficient (Wildman–Crippen LogP) is 2.57. The van der Waals surface area contributed by atoms with Gasteiger partial charge in [0.25, 0.3) is 0 Å². The third kappa shape index (κ3) is 4.07. The topological polar surface area (TPSA) is 56.1 Å². The molecule has 4 nitrogen and oxygen atoms in total. The van der Waals surface area contributed by atoms with Crippen LogP contribution in [0.5, 0.6) is 0 Å².